The highest BCUT2D eigenvalue weighted by Gasteiger charge is 2.26. The van der Waals surface area contributed by atoms with Crippen LogP contribution in [0, 0.1) is 0 Å². The van der Waals surface area contributed by atoms with Crippen molar-refractivity contribution in [1.82, 2.24) is 4.90 Å². The van der Waals surface area contributed by atoms with E-state index in [1.807, 2.05) is 38.1 Å². The van der Waals surface area contributed by atoms with Gasteiger partial charge >= 0.3 is 0 Å². The third kappa shape index (κ3) is 3.82. The maximum absolute atomic E-state index is 12.0. The normalized spacial score (nSPS) is 11.4. The molecule has 0 heterocycles. The molecule has 1 N–H and O–H groups in total. The number of nitrogens with zero attached hydrogens (tertiary/aromatic N) is 1. The lowest BCUT2D eigenvalue weighted by Crippen LogP contribution is -2.48. The first kappa shape index (κ1) is 14.2. The number of carbonyl (C=O) groups excluding carboxylic acids is 1. The van der Waals surface area contributed by atoms with Gasteiger partial charge in [0.05, 0.1) is 18.6 Å². The quantitative estimate of drug-likeness (QED) is 0.926. The lowest BCUT2D eigenvalue weighted by Gasteiger charge is -2.34. The van der Waals surface area contributed by atoms with Crippen LogP contribution in [0.5, 0.6) is 0 Å². The average Bonchev–Trinajstić information content (AvgIpc) is 2.31. The summed E-state index contributed by atoms with van der Waals surface area (Å²) in [6, 6.07) is 7.67. The van der Waals surface area contributed by atoms with Crippen LogP contribution >= 0.6 is 15.9 Å². The number of aliphatic hydroxyl groups excluding tert-OH is 1. The van der Waals surface area contributed by atoms with Crippen molar-refractivity contribution in [2.75, 3.05) is 13.7 Å². The number of halogens is 1. The highest BCUT2D eigenvalue weighted by atomic mass is 79.9. The Morgan fingerprint density at radius 2 is 1.88 bits per heavy atom. The third-order valence-electron chi connectivity index (χ3n) is 2.94. The molecule has 1 aromatic rings. The Morgan fingerprint density at radius 1 is 1.35 bits per heavy atom. The molecule has 0 aliphatic heterocycles. The third-order valence-corrected chi connectivity index (χ3v) is 3.47. The first-order valence-electron chi connectivity index (χ1n) is 5.49. The van der Waals surface area contributed by atoms with Gasteiger partial charge in [-0.1, -0.05) is 28.1 Å². The molecule has 0 radical (unpaired) electrons. The minimum absolute atomic E-state index is 0.00590. The van der Waals surface area contributed by atoms with Crippen molar-refractivity contribution in [2.45, 2.75) is 25.8 Å². The molecule has 0 fully saturated rings. The summed E-state index contributed by atoms with van der Waals surface area (Å²) in [5, 5.41) is 9.22. The Balaban J connectivity index is 2.69. The van der Waals surface area contributed by atoms with Gasteiger partial charge in [-0.2, -0.15) is 0 Å². The molecular weight excluding hydrogens is 282 g/mol. The number of likely N-dealkylation sites (N-methyl/N-ethyl adjacent to an activating group) is 1. The number of hydrogen-bond donors (Lipinski definition) is 1. The summed E-state index contributed by atoms with van der Waals surface area (Å²) in [5.74, 6) is 0.00590. The van der Waals surface area contributed by atoms with E-state index < -0.39 is 5.54 Å². The Hall–Kier alpha value is -0.870. The zero-order valence-electron chi connectivity index (χ0n) is 10.4. The highest BCUT2D eigenvalue weighted by Crippen LogP contribution is 2.15. The van der Waals surface area contributed by atoms with Crippen molar-refractivity contribution < 1.29 is 9.90 Å². The zero-order chi connectivity index (χ0) is 13.1. The summed E-state index contributed by atoms with van der Waals surface area (Å²) in [7, 11) is 1.72. The van der Waals surface area contributed by atoms with Gasteiger partial charge in [0.1, 0.15) is 0 Å². The standard InChI is InChI=1S/C13H18BrNO2/c1-13(2,9-16)15(3)12(17)8-10-4-6-11(14)7-5-10/h4-7,16H,8-9H2,1-3H3. The maximum atomic E-state index is 12.0. The molecule has 1 amide bonds. The predicted molar refractivity (Wildman–Crippen MR) is 71.8 cm³/mol. The topological polar surface area (TPSA) is 40.5 Å². The molecule has 0 saturated heterocycles. The second-order valence-electron chi connectivity index (χ2n) is 4.73. The zero-order valence-corrected chi connectivity index (χ0v) is 12.0. The molecule has 0 aromatic heterocycles. The van der Waals surface area contributed by atoms with E-state index in [0.29, 0.717) is 6.42 Å². The fourth-order valence-corrected chi connectivity index (χ4v) is 1.60. The van der Waals surface area contributed by atoms with E-state index in [-0.39, 0.29) is 12.5 Å². The molecule has 0 bridgehead atoms. The van der Waals surface area contributed by atoms with Gasteiger partial charge < -0.3 is 10.0 Å². The fraction of sp³-hybridized carbons (Fsp3) is 0.462. The number of benzene rings is 1. The number of aliphatic hydroxyl groups is 1. The molecule has 1 aromatic carbocycles. The largest absolute Gasteiger partial charge is 0.394 e. The average molecular weight is 300 g/mol. The fourth-order valence-electron chi connectivity index (χ4n) is 1.34. The van der Waals surface area contributed by atoms with Crippen LogP contribution in [-0.2, 0) is 11.2 Å². The van der Waals surface area contributed by atoms with E-state index in [1.54, 1.807) is 11.9 Å². The van der Waals surface area contributed by atoms with E-state index in [1.165, 1.54) is 0 Å². The maximum Gasteiger partial charge on any atom is 0.227 e. The van der Waals surface area contributed by atoms with E-state index in [2.05, 4.69) is 15.9 Å². The molecule has 0 atom stereocenters. The number of carbonyl (C=O) groups is 1. The van der Waals surface area contributed by atoms with Gasteiger partial charge in [0, 0.05) is 11.5 Å². The molecular formula is C13H18BrNO2. The van der Waals surface area contributed by atoms with Crippen LogP contribution in [0.25, 0.3) is 0 Å². The van der Waals surface area contributed by atoms with E-state index in [4.69, 9.17) is 0 Å². The Kier molecular flexibility index (Phi) is 4.71. The Morgan fingerprint density at radius 3 is 2.35 bits per heavy atom. The molecule has 17 heavy (non-hydrogen) atoms. The van der Waals surface area contributed by atoms with Crippen LogP contribution < -0.4 is 0 Å². The molecule has 0 spiro atoms. The van der Waals surface area contributed by atoms with Crippen molar-refractivity contribution >= 4 is 21.8 Å². The molecule has 3 nitrogen and oxygen atoms in total. The van der Waals surface area contributed by atoms with Crippen LogP contribution in [0.2, 0.25) is 0 Å². The van der Waals surface area contributed by atoms with Crippen molar-refractivity contribution in [3.05, 3.63) is 34.3 Å². The lowest BCUT2D eigenvalue weighted by molar-refractivity contribution is -0.135. The smallest absolute Gasteiger partial charge is 0.227 e. The van der Waals surface area contributed by atoms with Gasteiger partial charge in [-0.25, -0.2) is 0 Å². The van der Waals surface area contributed by atoms with Gasteiger partial charge in [-0.3, -0.25) is 4.79 Å². The van der Waals surface area contributed by atoms with Gasteiger partial charge in [-0.15, -0.1) is 0 Å². The summed E-state index contributed by atoms with van der Waals surface area (Å²) < 4.78 is 0.998. The minimum Gasteiger partial charge on any atom is -0.394 e. The van der Waals surface area contributed by atoms with Crippen molar-refractivity contribution in [1.29, 1.82) is 0 Å². The molecule has 0 aliphatic rings. The van der Waals surface area contributed by atoms with Crippen LogP contribution in [-0.4, -0.2) is 35.1 Å². The number of hydrogen-bond acceptors (Lipinski definition) is 2. The summed E-state index contributed by atoms with van der Waals surface area (Å²) >= 11 is 3.36. The van der Waals surface area contributed by atoms with E-state index in [9.17, 15) is 9.90 Å². The van der Waals surface area contributed by atoms with Crippen molar-refractivity contribution in [3.8, 4) is 0 Å². The van der Waals surface area contributed by atoms with Gasteiger partial charge in [0.15, 0.2) is 0 Å². The lowest BCUT2D eigenvalue weighted by atomic mass is 10.0. The van der Waals surface area contributed by atoms with Crippen molar-refractivity contribution in [3.63, 3.8) is 0 Å². The molecule has 94 valence electrons. The van der Waals surface area contributed by atoms with Crippen LogP contribution in [0.15, 0.2) is 28.7 Å². The minimum atomic E-state index is -0.521. The highest BCUT2D eigenvalue weighted by molar-refractivity contribution is 9.10. The summed E-state index contributed by atoms with van der Waals surface area (Å²) in [5.41, 5.74) is 0.450. The first-order valence-corrected chi connectivity index (χ1v) is 6.28. The van der Waals surface area contributed by atoms with Gasteiger partial charge in [0.2, 0.25) is 5.91 Å². The van der Waals surface area contributed by atoms with Crippen LogP contribution in [0.1, 0.15) is 19.4 Å². The Labute approximate surface area is 111 Å². The summed E-state index contributed by atoms with van der Waals surface area (Å²) in [6.07, 6.45) is 0.354. The molecule has 1 rings (SSSR count). The second kappa shape index (κ2) is 5.65. The van der Waals surface area contributed by atoms with Crippen molar-refractivity contribution in [2.24, 2.45) is 0 Å². The molecule has 0 aliphatic carbocycles. The predicted octanol–water partition coefficient (Wildman–Crippen LogP) is 2.22. The van der Waals surface area contributed by atoms with E-state index >= 15 is 0 Å². The monoisotopic (exact) mass is 299 g/mol. The number of rotatable bonds is 4. The van der Waals surface area contributed by atoms with Gasteiger partial charge in [-0.05, 0) is 31.5 Å². The Bertz CT molecular complexity index is 387. The van der Waals surface area contributed by atoms with Crippen LogP contribution in [0.3, 0.4) is 0 Å². The molecule has 4 heteroatoms. The van der Waals surface area contributed by atoms with E-state index in [0.717, 1.165) is 10.0 Å². The van der Waals surface area contributed by atoms with Gasteiger partial charge in [0.25, 0.3) is 0 Å². The second-order valence-corrected chi connectivity index (χ2v) is 5.64. The summed E-state index contributed by atoms with van der Waals surface area (Å²) in [6.45, 7) is 3.63. The number of amides is 1. The summed E-state index contributed by atoms with van der Waals surface area (Å²) in [4.78, 5) is 13.6. The molecule has 0 saturated carbocycles. The SMILES string of the molecule is CN(C(=O)Cc1ccc(Br)cc1)C(C)(C)CO. The first-order chi connectivity index (χ1) is 7.86. The molecule has 0 unspecified atom stereocenters. The van der Waals surface area contributed by atoms with Crippen LogP contribution in [0.4, 0.5) is 0 Å².